The number of nitrogens with one attached hydrogen (secondary N) is 2. The summed E-state index contributed by atoms with van der Waals surface area (Å²) in [6.07, 6.45) is -4.50. The molecule has 3 rings (SSSR count). The molecule has 0 aliphatic carbocycles. The van der Waals surface area contributed by atoms with Gasteiger partial charge in [0.2, 0.25) is 0 Å². The van der Waals surface area contributed by atoms with E-state index in [2.05, 4.69) is 10.6 Å². The van der Waals surface area contributed by atoms with Gasteiger partial charge in [0.25, 0.3) is 0 Å². The van der Waals surface area contributed by atoms with Gasteiger partial charge >= 0.3 is 19.3 Å². The first kappa shape index (κ1) is 22.5. The van der Waals surface area contributed by atoms with Crippen molar-refractivity contribution in [1.82, 2.24) is 0 Å². The standard InChI is InChI=1S/C20H21BClF3N2O3/c1-18(2)19(3,4)30-21(29-18)13-8-9-16(15(22)11-13)27-17(28)26-14-7-5-6-12(10-14)20(23,24)25/h5-11H,1-4H3,(H2,26,27,28). The zero-order valence-electron chi connectivity index (χ0n) is 16.9. The van der Waals surface area contributed by atoms with Gasteiger partial charge in [-0.15, -0.1) is 0 Å². The van der Waals surface area contributed by atoms with Crippen molar-refractivity contribution in [1.29, 1.82) is 0 Å². The summed E-state index contributed by atoms with van der Waals surface area (Å²) in [5.74, 6) is 0. The molecular weight excluding hydrogens is 419 g/mol. The molecule has 2 amide bonds. The molecule has 0 spiro atoms. The van der Waals surface area contributed by atoms with Crippen LogP contribution in [0.3, 0.4) is 0 Å². The number of amides is 2. The Hall–Kier alpha value is -2.23. The third kappa shape index (κ3) is 4.74. The highest BCUT2D eigenvalue weighted by Crippen LogP contribution is 2.37. The zero-order valence-corrected chi connectivity index (χ0v) is 17.6. The highest BCUT2D eigenvalue weighted by Gasteiger charge is 2.51. The molecule has 5 nitrogen and oxygen atoms in total. The molecule has 2 aromatic carbocycles. The Morgan fingerprint density at radius 2 is 1.63 bits per heavy atom. The summed E-state index contributed by atoms with van der Waals surface area (Å²) in [4.78, 5) is 12.2. The monoisotopic (exact) mass is 440 g/mol. The molecule has 0 radical (unpaired) electrons. The number of carbonyl (C=O) groups is 1. The fourth-order valence-electron chi connectivity index (χ4n) is 2.82. The maximum atomic E-state index is 12.8. The van der Waals surface area contributed by atoms with Crippen LogP contribution in [0.4, 0.5) is 29.3 Å². The normalized spacial score (nSPS) is 17.7. The molecule has 1 aliphatic heterocycles. The molecule has 0 aromatic heterocycles. The first-order chi connectivity index (χ1) is 13.8. The van der Waals surface area contributed by atoms with E-state index >= 15 is 0 Å². The molecule has 1 saturated heterocycles. The molecule has 2 N–H and O–H groups in total. The Morgan fingerprint density at radius 1 is 1.00 bits per heavy atom. The van der Waals surface area contributed by atoms with Gasteiger partial charge in [-0.25, -0.2) is 4.79 Å². The van der Waals surface area contributed by atoms with Crippen LogP contribution < -0.4 is 16.1 Å². The lowest BCUT2D eigenvalue weighted by atomic mass is 9.79. The fraction of sp³-hybridized carbons (Fsp3) is 0.350. The predicted molar refractivity (Wildman–Crippen MR) is 111 cm³/mol. The summed E-state index contributed by atoms with van der Waals surface area (Å²) < 4.78 is 50.3. The SMILES string of the molecule is CC1(C)OB(c2ccc(NC(=O)Nc3cccc(C(F)(F)F)c3)c(Cl)c2)OC1(C)C. The highest BCUT2D eigenvalue weighted by molar-refractivity contribution is 6.62. The number of alkyl halides is 3. The Bertz CT molecular complexity index is 951. The van der Waals surface area contributed by atoms with Gasteiger partial charge in [0, 0.05) is 5.69 Å². The minimum Gasteiger partial charge on any atom is -0.399 e. The van der Waals surface area contributed by atoms with E-state index in [0.29, 0.717) is 11.2 Å². The molecule has 0 saturated carbocycles. The third-order valence-corrected chi connectivity index (χ3v) is 5.53. The van der Waals surface area contributed by atoms with E-state index in [-0.39, 0.29) is 10.7 Å². The molecule has 2 aromatic rings. The minimum atomic E-state index is -4.50. The van der Waals surface area contributed by atoms with Crippen LogP contribution in [0.25, 0.3) is 0 Å². The van der Waals surface area contributed by atoms with E-state index in [9.17, 15) is 18.0 Å². The number of hydrogen-bond acceptors (Lipinski definition) is 3. The van der Waals surface area contributed by atoms with Crippen molar-refractivity contribution in [2.24, 2.45) is 0 Å². The fourth-order valence-corrected chi connectivity index (χ4v) is 3.05. The van der Waals surface area contributed by atoms with E-state index in [0.717, 1.165) is 12.1 Å². The van der Waals surface area contributed by atoms with Crippen molar-refractivity contribution in [2.75, 3.05) is 10.6 Å². The van der Waals surface area contributed by atoms with Crippen molar-refractivity contribution in [3.05, 3.63) is 53.1 Å². The zero-order chi connectivity index (χ0) is 22.3. The van der Waals surface area contributed by atoms with Crippen molar-refractivity contribution in [3.63, 3.8) is 0 Å². The summed E-state index contributed by atoms with van der Waals surface area (Å²) in [5.41, 5.74) is -0.890. The van der Waals surface area contributed by atoms with Gasteiger partial charge in [-0.2, -0.15) is 13.2 Å². The van der Waals surface area contributed by atoms with Crippen LogP contribution in [0.5, 0.6) is 0 Å². The van der Waals surface area contributed by atoms with E-state index in [1.165, 1.54) is 12.1 Å². The van der Waals surface area contributed by atoms with E-state index in [4.69, 9.17) is 20.9 Å². The summed E-state index contributed by atoms with van der Waals surface area (Å²) in [6.45, 7) is 7.73. The molecule has 30 heavy (non-hydrogen) atoms. The van der Waals surface area contributed by atoms with Crippen LogP contribution in [0, 0.1) is 0 Å². The van der Waals surface area contributed by atoms with Gasteiger partial charge < -0.3 is 19.9 Å². The molecule has 0 bridgehead atoms. The molecule has 0 unspecified atom stereocenters. The number of halogens is 4. The van der Waals surface area contributed by atoms with Gasteiger partial charge in [-0.05, 0) is 63.5 Å². The van der Waals surface area contributed by atoms with Crippen molar-refractivity contribution >= 4 is 41.6 Å². The molecule has 1 heterocycles. The van der Waals surface area contributed by atoms with E-state index in [1.54, 1.807) is 18.2 Å². The average Bonchev–Trinajstić information content (AvgIpc) is 2.84. The Balaban J connectivity index is 1.69. The predicted octanol–water partition coefficient (Wildman–Crippen LogP) is 5.30. The van der Waals surface area contributed by atoms with Gasteiger partial charge in [-0.1, -0.05) is 23.7 Å². The van der Waals surface area contributed by atoms with Gasteiger partial charge in [-0.3, -0.25) is 0 Å². The van der Waals surface area contributed by atoms with Crippen molar-refractivity contribution < 1.29 is 27.3 Å². The largest absolute Gasteiger partial charge is 0.494 e. The van der Waals surface area contributed by atoms with Crippen LogP contribution in [0.15, 0.2) is 42.5 Å². The van der Waals surface area contributed by atoms with Gasteiger partial charge in [0.15, 0.2) is 0 Å². The van der Waals surface area contributed by atoms with Gasteiger partial charge in [0.05, 0.1) is 27.5 Å². The topological polar surface area (TPSA) is 59.6 Å². The number of rotatable bonds is 3. The van der Waals surface area contributed by atoms with Gasteiger partial charge in [0.1, 0.15) is 0 Å². The Kier molecular flexibility index (Phi) is 5.83. The quantitative estimate of drug-likeness (QED) is 0.637. The minimum absolute atomic E-state index is 0.00675. The van der Waals surface area contributed by atoms with E-state index < -0.39 is 36.1 Å². The summed E-state index contributed by atoms with van der Waals surface area (Å²) in [5, 5.41) is 5.12. The highest BCUT2D eigenvalue weighted by atomic mass is 35.5. The van der Waals surface area contributed by atoms with Crippen LogP contribution in [-0.2, 0) is 15.5 Å². The average molecular weight is 441 g/mol. The lowest BCUT2D eigenvalue weighted by Crippen LogP contribution is -2.41. The second-order valence-corrected chi connectivity index (χ2v) is 8.39. The molecule has 160 valence electrons. The molecule has 10 heteroatoms. The lowest BCUT2D eigenvalue weighted by Gasteiger charge is -2.32. The number of carbonyl (C=O) groups excluding carboxylic acids is 1. The third-order valence-electron chi connectivity index (χ3n) is 5.21. The van der Waals surface area contributed by atoms with Crippen LogP contribution in [-0.4, -0.2) is 24.4 Å². The Labute approximate surface area is 178 Å². The number of urea groups is 1. The summed E-state index contributed by atoms with van der Waals surface area (Å²) >= 11 is 6.28. The maximum absolute atomic E-state index is 12.8. The number of benzene rings is 2. The summed E-state index contributed by atoms with van der Waals surface area (Å²) in [6, 6.07) is 8.52. The summed E-state index contributed by atoms with van der Waals surface area (Å²) in [7, 11) is -0.611. The molecule has 0 atom stereocenters. The second kappa shape index (κ2) is 7.79. The lowest BCUT2D eigenvalue weighted by molar-refractivity contribution is -0.137. The van der Waals surface area contributed by atoms with E-state index in [1.807, 2.05) is 27.7 Å². The first-order valence-electron chi connectivity index (χ1n) is 9.19. The molecular formula is C20H21BClF3N2O3. The van der Waals surface area contributed by atoms with Crippen LogP contribution in [0.2, 0.25) is 5.02 Å². The Morgan fingerprint density at radius 3 is 2.20 bits per heavy atom. The number of hydrogen-bond donors (Lipinski definition) is 2. The molecule has 1 aliphatic rings. The smallest absolute Gasteiger partial charge is 0.399 e. The van der Waals surface area contributed by atoms with Crippen molar-refractivity contribution in [3.8, 4) is 0 Å². The number of anilines is 2. The van der Waals surface area contributed by atoms with Crippen molar-refractivity contribution in [2.45, 2.75) is 45.1 Å². The van der Waals surface area contributed by atoms with Crippen LogP contribution in [0.1, 0.15) is 33.3 Å². The van der Waals surface area contributed by atoms with Crippen LogP contribution >= 0.6 is 11.6 Å². The second-order valence-electron chi connectivity index (χ2n) is 7.99. The first-order valence-corrected chi connectivity index (χ1v) is 9.57. The maximum Gasteiger partial charge on any atom is 0.494 e. The molecule has 1 fully saturated rings.